The summed E-state index contributed by atoms with van der Waals surface area (Å²) in [7, 11) is 3.71. The molecular weight excluding hydrogens is 383 g/mol. The predicted molar refractivity (Wildman–Crippen MR) is 43.3 cm³/mol. The van der Waals surface area contributed by atoms with Crippen LogP contribution >= 0.6 is 0 Å². The van der Waals surface area contributed by atoms with Crippen LogP contribution in [-0.2, 0) is 53.8 Å². The molecule has 1 saturated heterocycles. The van der Waals surface area contributed by atoms with Crippen LogP contribution in [0.5, 0.6) is 0 Å². The number of nitrogens with zero attached hydrogens (tertiary/aromatic N) is 1. The Morgan fingerprint density at radius 1 is 1.27 bits per heavy atom. The molecule has 1 rings (SSSR count). The van der Waals surface area contributed by atoms with Crippen molar-refractivity contribution in [3.05, 3.63) is 27.3 Å². The van der Waals surface area contributed by atoms with Crippen LogP contribution in [0.25, 0.3) is 0 Å². The molecule has 1 aliphatic rings. The standard InChI is InChI=1S/C5H9N.C2H5.CH3.W.Y/c1-5-3-6(2)4-5;1-2;;;/h2-4H2,1H3;1H2,2H3;1H3;;/q-2;2*-1;+2;. The quantitative estimate of drug-likeness (QED) is 0.563. The molecule has 0 N–H and O–H groups in total. The summed E-state index contributed by atoms with van der Waals surface area (Å²) >= 11 is 0. The van der Waals surface area contributed by atoms with E-state index in [9.17, 15) is 0 Å². The van der Waals surface area contributed by atoms with E-state index < -0.39 is 0 Å². The summed E-state index contributed by atoms with van der Waals surface area (Å²) in [6.07, 6.45) is 0. The van der Waals surface area contributed by atoms with Gasteiger partial charge in [0.05, 0.1) is 0 Å². The SMILES string of the molecule is [CH2-]C.[CH2-]N1C[C-](C)C1.[CH3-].[W+2].[Y]. The van der Waals surface area contributed by atoms with Crippen molar-refractivity contribution in [2.24, 2.45) is 0 Å². The summed E-state index contributed by atoms with van der Waals surface area (Å²) < 4.78 is 0. The molecule has 0 aromatic carbocycles. The smallest absolute Gasteiger partial charge is 0.509 e. The molecule has 1 radical (unpaired) electrons. The second kappa shape index (κ2) is 14.3. The molecule has 1 aliphatic heterocycles. The fourth-order valence-corrected chi connectivity index (χ4v) is 0.717. The fraction of sp³-hybridized carbons (Fsp3) is 0.500. The van der Waals surface area contributed by atoms with Gasteiger partial charge in [0, 0.05) is 32.7 Å². The van der Waals surface area contributed by atoms with Gasteiger partial charge < -0.3 is 19.3 Å². The van der Waals surface area contributed by atoms with E-state index in [4.69, 9.17) is 0 Å². The van der Waals surface area contributed by atoms with Gasteiger partial charge in [-0.2, -0.15) is 26.9 Å². The maximum atomic E-state index is 3.71. The van der Waals surface area contributed by atoms with E-state index in [1.807, 2.05) is 4.90 Å². The third-order valence-corrected chi connectivity index (χ3v) is 0.987. The minimum absolute atomic E-state index is 0. The van der Waals surface area contributed by atoms with Gasteiger partial charge in [-0.3, -0.25) is 13.0 Å². The molecule has 0 unspecified atom stereocenters. The monoisotopic (exact) mass is 400 g/mol. The molecule has 0 spiro atoms. The van der Waals surface area contributed by atoms with Crippen molar-refractivity contribution in [3.63, 3.8) is 0 Å². The molecule has 0 aromatic heterocycles. The fourth-order valence-electron chi connectivity index (χ4n) is 0.717. The van der Waals surface area contributed by atoms with Crippen LogP contribution in [0, 0.1) is 27.3 Å². The van der Waals surface area contributed by atoms with Crippen LogP contribution < -0.4 is 0 Å². The molecular formula is C8H17NWY-2. The van der Waals surface area contributed by atoms with Gasteiger partial charge in [-0.15, -0.1) is 0 Å². The molecule has 0 bridgehead atoms. The summed E-state index contributed by atoms with van der Waals surface area (Å²) in [5.74, 6) is 1.55. The Kier molecular flexibility index (Phi) is 29.9. The first kappa shape index (κ1) is 23.0. The van der Waals surface area contributed by atoms with E-state index >= 15 is 0 Å². The van der Waals surface area contributed by atoms with Gasteiger partial charge in [-0.25, -0.2) is 0 Å². The van der Waals surface area contributed by atoms with Crippen LogP contribution in [0.2, 0.25) is 0 Å². The predicted octanol–water partition coefficient (Wildman–Crippen LogP) is 1.97. The average molecular weight is 400 g/mol. The molecule has 1 fully saturated rings. The maximum Gasteiger partial charge on any atom is 2.00 e. The van der Waals surface area contributed by atoms with Crippen molar-refractivity contribution in [2.75, 3.05) is 13.1 Å². The summed E-state index contributed by atoms with van der Waals surface area (Å²) in [6, 6.07) is 0. The van der Waals surface area contributed by atoms with Crippen molar-refractivity contribution in [1.82, 2.24) is 4.90 Å². The van der Waals surface area contributed by atoms with Gasteiger partial charge >= 0.3 is 21.1 Å². The van der Waals surface area contributed by atoms with E-state index in [1.165, 1.54) is 0 Å². The number of hydrogen-bond acceptors (Lipinski definition) is 1. The number of hydrogen-bond donors (Lipinski definition) is 0. The van der Waals surface area contributed by atoms with Crippen LogP contribution in [-0.4, -0.2) is 18.0 Å². The molecule has 65 valence electrons. The minimum Gasteiger partial charge on any atom is -0.509 e. The van der Waals surface area contributed by atoms with Crippen molar-refractivity contribution in [1.29, 1.82) is 0 Å². The maximum absolute atomic E-state index is 3.71. The summed E-state index contributed by atoms with van der Waals surface area (Å²) in [5, 5.41) is 0. The van der Waals surface area contributed by atoms with E-state index in [2.05, 4.69) is 20.9 Å². The van der Waals surface area contributed by atoms with Crippen molar-refractivity contribution in [3.8, 4) is 0 Å². The Labute approximate surface area is 112 Å². The first-order valence-corrected chi connectivity index (χ1v) is 2.86. The van der Waals surface area contributed by atoms with Gasteiger partial charge in [0.2, 0.25) is 0 Å². The average Bonchev–Trinajstić information content (AvgIpc) is 1.70. The van der Waals surface area contributed by atoms with Crippen LogP contribution in [0.1, 0.15) is 13.8 Å². The van der Waals surface area contributed by atoms with E-state index in [-0.39, 0.29) is 61.2 Å². The zero-order valence-corrected chi connectivity index (χ0v) is 13.5. The molecule has 1 heterocycles. The molecule has 0 aromatic rings. The molecule has 0 atom stereocenters. The first-order chi connectivity index (χ1) is 3.79. The van der Waals surface area contributed by atoms with Crippen molar-refractivity contribution in [2.45, 2.75) is 13.8 Å². The third kappa shape index (κ3) is 11.8. The molecule has 11 heavy (non-hydrogen) atoms. The minimum atomic E-state index is 0. The zero-order valence-electron chi connectivity index (χ0n) is 7.76. The van der Waals surface area contributed by atoms with Gasteiger partial charge in [0.1, 0.15) is 0 Å². The molecule has 0 saturated carbocycles. The van der Waals surface area contributed by atoms with E-state index in [1.54, 1.807) is 12.8 Å². The van der Waals surface area contributed by atoms with Crippen LogP contribution in [0.4, 0.5) is 0 Å². The normalized spacial score (nSPS) is 15.3. The van der Waals surface area contributed by atoms with Crippen molar-refractivity contribution < 1.29 is 53.8 Å². The Hall–Kier alpha value is 1.75. The van der Waals surface area contributed by atoms with Gasteiger partial charge in [-0.1, -0.05) is 0 Å². The van der Waals surface area contributed by atoms with E-state index in [0.717, 1.165) is 13.1 Å². The van der Waals surface area contributed by atoms with Crippen LogP contribution in [0.3, 0.4) is 0 Å². The Balaban J connectivity index is -0.0000000459. The summed E-state index contributed by atoms with van der Waals surface area (Å²) in [5.41, 5.74) is 0. The van der Waals surface area contributed by atoms with Gasteiger partial charge in [0.25, 0.3) is 0 Å². The zero-order chi connectivity index (χ0) is 6.57. The van der Waals surface area contributed by atoms with Crippen molar-refractivity contribution >= 4 is 0 Å². The summed E-state index contributed by atoms with van der Waals surface area (Å²) in [4.78, 5) is 2.04. The number of likely N-dealkylation sites (tertiary alicyclic amines) is 1. The second-order valence-electron chi connectivity index (χ2n) is 1.94. The number of rotatable bonds is 0. The Bertz CT molecular complexity index is 50.1. The Morgan fingerprint density at radius 3 is 1.55 bits per heavy atom. The largest absolute Gasteiger partial charge is 2.00 e. The molecule has 1 nitrogen and oxygen atoms in total. The van der Waals surface area contributed by atoms with Gasteiger partial charge in [0.15, 0.2) is 0 Å². The third-order valence-electron chi connectivity index (χ3n) is 0.987. The molecule has 3 heteroatoms. The Morgan fingerprint density at radius 2 is 1.55 bits per heavy atom. The summed E-state index contributed by atoms with van der Waals surface area (Å²) in [6.45, 7) is 9.38. The second-order valence-corrected chi connectivity index (χ2v) is 1.94. The molecule has 0 aliphatic carbocycles. The van der Waals surface area contributed by atoms with E-state index in [0.29, 0.717) is 0 Å². The van der Waals surface area contributed by atoms with Crippen LogP contribution in [0.15, 0.2) is 0 Å². The topological polar surface area (TPSA) is 3.24 Å². The first-order valence-electron chi connectivity index (χ1n) is 2.86. The van der Waals surface area contributed by atoms with Gasteiger partial charge in [-0.05, 0) is 0 Å². The molecule has 0 amide bonds.